The molecule has 0 spiro atoms. The van der Waals surface area contributed by atoms with Crippen LogP contribution in [0.3, 0.4) is 0 Å². The highest BCUT2D eigenvalue weighted by atomic mass is 35.5. The number of thioether (sulfide) groups is 1. The summed E-state index contributed by atoms with van der Waals surface area (Å²) >= 11 is 9.08. The number of carbonyl (C=O) groups is 1. The van der Waals surface area contributed by atoms with Gasteiger partial charge in [0.15, 0.2) is 10.1 Å². The monoisotopic (exact) mass is 367 g/mol. The van der Waals surface area contributed by atoms with Crippen LogP contribution in [0.2, 0.25) is 5.02 Å². The first-order valence-electron chi connectivity index (χ1n) is 6.96. The van der Waals surface area contributed by atoms with Gasteiger partial charge in [-0.1, -0.05) is 41.6 Å². The van der Waals surface area contributed by atoms with Crippen LogP contribution in [-0.2, 0) is 0 Å². The molecule has 3 rings (SSSR count). The Bertz CT molecular complexity index is 888. The van der Waals surface area contributed by atoms with Crippen LogP contribution in [0.1, 0.15) is 28.6 Å². The summed E-state index contributed by atoms with van der Waals surface area (Å²) < 4.78 is 6.53. The van der Waals surface area contributed by atoms with Crippen LogP contribution in [0.15, 0.2) is 20.9 Å². The molecule has 3 aromatic rings. The molecule has 0 aliphatic heterocycles. The van der Waals surface area contributed by atoms with Gasteiger partial charge in [-0.15, -0.1) is 10.2 Å². The predicted octanol–water partition coefficient (Wildman–Crippen LogP) is 4.92. The zero-order valence-electron chi connectivity index (χ0n) is 12.8. The van der Waals surface area contributed by atoms with E-state index in [0.29, 0.717) is 15.7 Å². The highest BCUT2D eigenvalue weighted by Gasteiger charge is 2.20. The average molecular weight is 368 g/mol. The molecule has 2 aromatic heterocycles. The van der Waals surface area contributed by atoms with Crippen molar-refractivity contribution in [2.45, 2.75) is 25.1 Å². The molecule has 1 N–H and O–H groups in total. The Labute approximate surface area is 146 Å². The number of aromatic nitrogens is 2. The van der Waals surface area contributed by atoms with E-state index in [1.807, 2.05) is 32.9 Å². The largest absolute Gasteiger partial charge is 0.451 e. The summed E-state index contributed by atoms with van der Waals surface area (Å²) in [4.78, 5) is 12.4. The first kappa shape index (κ1) is 16.3. The third kappa shape index (κ3) is 3.22. The predicted molar refractivity (Wildman–Crippen MR) is 95.0 cm³/mol. The van der Waals surface area contributed by atoms with Crippen LogP contribution in [0.4, 0.5) is 5.13 Å². The lowest BCUT2D eigenvalue weighted by Crippen LogP contribution is -2.11. The molecule has 8 heteroatoms. The summed E-state index contributed by atoms with van der Waals surface area (Å²) in [5, 5.41) is 12.7. The van der Waals surface area contributed by atoms with Crippen molar-refractivity contribution < 1.29 is 9.21 Å². The van der Waals surface area contributed by atoms with Gasteiger partial charge in [-0.05, 0) is 37.3 Å². The Morgan fingerprint density at radius 1 is 1.39 bits per heavy atom. The quantitative estimate of drug-likeness (QED) is 0.523. The van der Waals surface area contributed by atoms with E-state index in [0.717, 1.165) is 26.6 Å². The number of aryl methyl sites for hydroxylation is 2. The number of hydrogen-bond donors (Lipinski definition) is 1. The van der Waals surface area contributed by atoms with Gasteiger partial charge in [-0.2, -0.15) is 0 Å². The smallest absolute Gasteiger partial charge is 0.293 e. The second-order valence-corrected chi connectivity index (χ2v) is 7.81. The Kier molecular flexibility index (Phi) is 4.61. The summed E-state index contributed by atoms with van der Waals surface area (Å²) in [6.45, 7) is 5.77. The van der Waals surface area contributed by atoms with E-state index in [1.165, 1.54) is 11.3 Å². The van der Waals surface area contributed by atoms with Gasteiger partial charge in [0.25, 0.3) is 5.91 Å². The normalized spacial score (nSPS) is 11.1. The fraction of sp³-hybridized carbons (Fsp3) is 0.267. The first-order chi connectivity index (χ1) is 11.0. The van der Waals surface area contributed by atoms with E-state index in [2.05, 4.69) is 15.5 Å². The number of hydrogen-bond acceptors (Lipinski definition) is 6. The molecule has 0 saturated carbocycles. The SMILES string of the molecule is CCSc1nnc(NC(=O)c2oc3cc(C)c(Cl)cc3c2C)s1. The molecule has 2 heterocycles. The lowest BCUT2D eigenvalue weighted by Gasteiger charge is -1.98. The molecule has 0 saturated heterocycles. The standard InChI is InChI=1S/C15H14ClN3O2S2/c1-4-22-15-19-18-14(23-15)17-13(20)12-8(3)9-6-10(16)7(2)5-11(9)21-12/h5-6H,4H2,1-3H3,(H,17,18,20). The topological polar surface area (TPSA) is 68.0 Å². The number of nitrogens with zero attached hydrogens (tertiary/aromatic N) is 2. The highest BCUT2D eigenvalue weighted by Crippen LogP contribution is 2.31. The number of furan rings is 1. The van der Waals surface area contributed by atoms with Crippen LogP contribution < -0.4 is 5.32 Å². The summed E-state index contributed by atoms with van der Waals surface area (Å²) in [6, 6.07) is 3.66. The number of fused-ring (bicyclic) bond motifs is 1. The van der Waals surface area contributed by atoms with Gasteiger partial charge in [0.2, 0.25) is 5.13 Å². The van der Waals surface area contributed by atoms with Crippen molar-refractivity contribution in [1.82, 2.24) is 10.2 Å². The molecule has 1 amide bonds. The third-order valence-corrected chi connectivity index (χ3v) is 5.58. The highest BCUT2D eigenvalue weighted by molar-refractivity contribution is 8.01. The lowest BCUT2D eigenvalue weighted by molar-refractivity contribution is 0.0998. The number of anilines is 1. The lowest BCUT2D eigenvalue weighted by atomic mass is 10.1. The van der Waals surface area contributed by atoms with Gasteiger partial charge in [0, 0.05) is 16.0 Å². The Hall–Kier alpha value is -1.57. The van der Waals surface area contributed by atoms with Crippen molar-refractivity contribution in [2.24, 2.45) is 0 Å². The molecule has 120 valence electrons. The molecule has 0 bridgehead atoms. The average Bonchev–Trinajstić information content (AvgIpc) is 3.06. The van der Waals surface area contributed by atoms with Crippen molar-refractivity contribution >= 4 is 56.7 Å². The zero-order valence-corrected chi connectivity index (χ0v) is 15.2. The fourth-order valence-corrected chi connectivity index (χ4v) is 3.96. The maximum absolute atomic E-state index is 12.4. The maximum atomic E-state index is 12.4. The van der Waals surface area contributed by atoms with Gasteiger partial charge in [0.05, 0.1) is 0 Å². The Morgan fingerprint density at radius 2 is 2.17 bits per heavy atom. The molecular formula is C15H14ClN3O2S2. The van der Waals surface area contributed by atoms with Crippen molar-refractivity contribution in [3.63, 3.8) is 0 Å². The maximum Gasteiger partial charge on any atom is 0.293 e. The van der Waals surface area contributed by atoms with E-state index >= 15 is 0 Å². The molecule has 1 aromatic carbocycles. The summed E-state index contributed by atoms with van der Waals surface area (Å²) in [6.07, 6.45) is 0. The van der Waals surface area contributed by atoms with Gasteiger partial charge in [0.1, 0.15) is 5.58 Å². The number of halogens is 1. The van der Waals surface area contributed by atoms with E-state index in [4.69, 9.17) is 16.0 Å². The number of carbonyl (C=O) groups excluding carboxylic acids is 1. The van der Waals surface area contributed by atoms with Crippen LogP contribution in [-0.4, -0.2) is 21.9 Å². The van der Waals surface area contributed by atoms with Crippen LogP contribution >= 0.6 is 34.7 Å². The summed E-state index contributed by atoms with van der Waals surface area (Å²) in [7, 11) is 0. The van der Waals surface area contributed by atoms with Gasteiger partial charge in [-0.25, -0.2) is 0 Å². The van der Waals surface area contributed by atoms with Crippen molar-refractivity contribution in [1.29, 1.82) is 0 Å². The molecule has 0 aliphatic rings. The Morgan fingerprint density at radius 3 is 2.91 bits per heavy atom. The second-order valence-electron chi connectivity index (χ2n) is 4.91. The van der Waals surface area contributed by atoms with Crippen molar-refractivity contribution in [3.8, 4) is 0 Å². The number of benzene rings is 1. The zero-order chi connectivity index (χ0) is 16.6. The molecule has 23 heavy (non-hydrogen) atoms. The minimum absolute atomic E-state index is 0.265. The molecule has 5 nitrogen and oxygen atoms in total. The number of rotatable bonds is 4. The number of nitrogens with one attached hydrogen (secondary N) is 1. The van der Waals surface area contributed by atoms with Gasteiger partial charge >= 0.3 is 0 Å². The fourth-order valence-electron chi connectivity index (χ4n) is 2.15. The van der Waals surface area contributed by atoms with Crippen molar-refractivity contribution in [2.75, 3.05) is 11.1 Å². The molecular weight excluding hydrogens is 354 g/mol. The van der Waals surface area contributed by atoms with E-state index in [1.54, 1.807) is 11.8 Å². The van der Waals surface area contributed by atoms with E-state index in [9.17, 15) is 4.79 Å². The summed E-state index contributed by atoms with van der Waals surface area (Å²) in [5.74, 6) is 0.837. The molecule has 0 unspecified atom stereocenters. The third-order valence-electron chi connectivity index (χ3n) is 3.32. The van der Waals surface area contributed by atoms with E-state index in [-0.39, 0.29) is 11.7 Å². The Balaban J connectivity index is 1.89. The van der Waals surface area contributed by atoms with Gasteiger partial charge in [-0.3, -0.25) is 10.1 Å². The minimum Gasteiger partial charge on any atom is -0.451 e. The minimum atomic E-state index is -0.336. The van der Waals surface area contributed by atoms with Gasteiger partial charge < -0.3 is 4.42 Å². The van der Waals surface area contributed by atoms with E-state index < -0.39 is 0 Å². The second kappa shape index (κ2) is 6.51. The summed E-state index contributed by atoms with van der Waals surface area (Å²) in [5.41, 5.74) is 2.31. The van der Waals surface area contributed by atoms with Crippen LogP contribution in [0.25, 0.3) is 11.0 Å². The van der Waals surface area contributed by atoms with Crippen molar-refractivity contribution in [3.05, 3.63) is 34.0 Å². The van der Waals surface area contributed by atoms with Crippen LogP contribution in [0.5, 0.6) is 0 Å². The number of amides is 1. The van der Waals surface area contributed by atoms with Crippen LogP contribution in [0, 0.1) is 13.8 Å². The first-order valence-corrected chi connectivity index (χ1v) is 9.14. The molecule has 0 atom stereocenters. The molecule has 0 fully saturated rings. The molecule has 0 aliphatic carbocycles. The molecule has 0 radical (unpaired) electrons.